The van der Waals surface area contributed by atoms with Crippen LogP contribution in [0.4, 0.5) is 5.69 Å². The van der Waals surface area contributed by atoms with Crippen molar-refractivity contribution in [3.8, 4) is 0 Å². The molecular weight excluding hydrogens is 332 g/mol. The van der Waals surface area contributed by atoms with Crippen LogP contribution in [0.2, 0.25) is 0 Å². The zero-order chi connectivity index (χ0) is 15.5. The molecule has 2 aromatic rings. The van der Waals surface area contributed by atoms with Gasteiger partial charge in [0.15, 0.2) is 0 Å². The Morgan fingerprint density at radius 2 is 2.13 bits per heavy atom. The number of carbonyl (C=O) groups excluding carboxylic acids is 1. The first-order chi connectivity index (χ1) is 10.6. The highest BCUT2D eigenvalue weighted by atomic mass is 35.5. The number of para-hydroxylation sites is 1. The minimum absolute atomic E-state index is 0. The number of aryl methyl sites for hydroxylation is 2. The van der Waals surface area contributed by atoms with Gasteiger partial charge in [-0.3, -0.25) is 15.2 Å². The fraction of sp³-hybridized carbons (Fsp3) is 0.250. The maximum absolute atomic E-state index is 12.3. The quantitative estimate of drug-likeness (QED) is 0.741. The number of nitrogens with zero attached hydrogens (tertiary/aromatic N) is 1. The number of rotatable bonds is 4. The summed E-state index contributed by atoms with van der Waals surface area (Å²) in [6, 6.07) is 7.56. The molecule has 3 N–H and O–H groups in total. The van der Waals surface area contributed by atoms with Gasteiger partial charge in [-0.15, -0.1) is 12.4 Å². The van der Waals surface area contributed by atoms with Crippen LogP contribution >= 0.6 is 24.2 Å². The summed E-state index contributed by atoms with van der Waals surface area (Å²) < 4.78 is 0. The van der Waals surface area contributed by atoms with E-state index in [0.717, 1.165) is 33.4 Å². The summed E-state index contributed by atoms with van der Waals surface area (Å²) >= 11 is 1.61. The molecular formula is C16H19ClN4OS. The lowest BCUT2D eigenvalue weighted by Crippen LogP contribution is -2.35. The van der Waals surface area contributed by atoms with Gasteiger partial charge in [0.1, 0.15) is 6.04 Å². The number of benzene rings is 1. The van der Waals surface area contributed by atoms with Crippen molar-refractivity contribution in [3.63, 3.8) is 0 Å². The van der Waals surface area contributed by atoms with Crippen LogP contribution in [0.5, 0.6) is 0 Å². The van der Waals surface area contributed by atoms with E-state index in [1.807, 2.05) is 50.3 Å². The highest BCUT2D eigenvalue weighted by Crippen LogP contribution is 2.36. The molecule has 0 saturated carbocycles. The second kappa shape index (κ2) is 7.68. The summed E-state index contributed by atoms with van der Waals surface area (Å²) in [6.45, 7) is 4.71. The largest absolute Gasteiger partial charge is 0.323 e. The topological polar surface area (TPSA) is 69.8 Å². The molecule has 0 bridgehead atoms. The van der Waals surface area contributed by atoms with Crippen molar-refractivity contribution >= 4 is 35.8 Å². The van der Waals surface area contributed by atoms with Gasteiger partial charge in [-0.05, 0) is 26.0 Å². The van der Waals surface area contributed by atoms with Crippen molar-refractivity contribution in [2.24, 2.45) is 0 Å². The molecule has 1 aromatic heterocycles. The molecule has 1 aliphatic rings. The third-order valence-electron chi connectivity index (χ3n) is 3.48. The zero-order valence-corrected chi connectivity index (χ0v) is 14.6. The lowest BCUT2D eigenvalue weighted by Gasteiger charge is -2.13. The number of nitrogens with one attached hydrogen (secondary N) is 3. The zero-order valence-electron chi connectivity index (χ0n) is 12.9. The lowest BCUT2D eigenvalue weighted by molar-refractivity contribution is -0.116. The molecule has 3 rings (SSSR count). The Kier molecular flexibility index (Phi) is 5.87. The number of amides is 1. The highest BCUT2D eigenvalue weighted by Gasteiger charge is 2.19. The number of H-pyrrole nitrogens is 1. The van der Waals surface area contributed by atoms with E-state index in [9.17, 15) is 4.79 Å². The van der Waals surface area contributed by atoms with E-state index >= 15 is 0 Å². The molecule has 0 saturated heterocycles. The normalized spacial score (nSPS) is 16.2. The number of hydrogen-bond acceptors (Lipinski definition) is 4. The van der Waals surface area contributed by atoms with Crippen LogP contribution in [-0.2, 0) is 4.79 Å². The van der Waals surface area contributed by atoms with E-state index < -0.39 is 0 Å². The van der Waals surface area contributed by atoms with Crippen molar-refractivity contribution in [2.45, 2.75) is 29.7 Å². The third-order valence-corrected chi connectivity index (χ3v) is 4.87. The maximum atomic E-state index is 12.3. The molecule has 1 unspecified atom stereocenters. The Morgan fingerprint density at radius 1 is 1.35 bits per heavy atom. The number of anilines is 1. The molecule has 7 heteroatoms. The van der Waals surface area contributed by atoms with E-state index in [0.29, 0.717) is 0 Å². The van der Waals surface area contributed by atoms with E-state index in [4.69, 9.17) is 0 Å². The first-order valence-electron chi connectivity index (χ1n) is 7.14. The van der Waals surface area contributed by atoms with Gasteiger partial charge in [-0.1, -0.05) is 36.0 Å². The van der Waals surface area contributed by atoms with Gasteiger partial charge < -0.3 is 5.32 Å². The van der Waals surface area contributed by atoms with Gasteiger partial charge in [0.05, 0.1) is 16.3 Å². The molecule has 5 nitrogen and oxygen atoms in total. The predicted octanol–water partition coefficient (Wildman–Crippen LogP) is 3.07. The van der Waals surface area contributed by atoms with Gasteiger partial charge in [-0.25, -0.2) is 0 Å². The third kappa shape index (κ3) is 3.96. The molecule has 0 aliphatic carbocycles. The second-order valence-electron chi connectivity index (χ2n) is 5.16. The summed E-state index contributed by atoms with van der Waals surface area (Å²) in [4.78, 5) is 14.4. The maximum Gasteiger partial charge on any atom is 0.245 e. The number of carbonyl (C=O) groups is 1. The van der Waals surface area contributed by atoms with Crippen molar-refractivity contribution < 1.29 is 4.79 Å². The molecule has 2 heterocycles. The molecule has 0 spiro atoms. The summed E-state index contributed by atoms with van der Waals surface area (Å²) in [5.74, 6) is -0.0394. The molecule has 23 heavy (non-hydrogen) atoms. The predicted molar refractivity (Wildman–Crippen MR) is 95.4 cm³/mol. The Bertz CT molecular complexity index is 709. The number of hydrogen-bond donors (Lipinski definition) is 3. The Balaban J connectivity index is 0.00000192. The molecule has 1 aliphatic heterocycles. The van der Waals surface area contributed by atoms with Gasteiger partial charge in [-0.2, -0.15) is 5.10 Å². The van der Waals surface area contributed by atoms with Crippen molar-refractivity contribution in [2.75, 3.05) is 11.9 Å². The average molecular weight is 351 g/mol. The van der Waals surface area contributed by atoms with Gasteiger partial charge in [0.25, 0.3) is 0 Å². The van der Waals surface area contributed by atoms with Crippen molar-refractivity contribution in [3.05, 3.63) is 47.8 Å². The summed E-state index contributed by atoms with van der Waals surface area (Å²) in [5, 5.41) is 13.3. The molecule has 1 aromatic carbocycles. The van der Waals surface area contributed by atoms with Crippen molar-refractivity contribution in [1.82, 2.24) is 15.5 Å². The lowest BCUT2D eigenvalue weighted by atomic mass is 10.2. The minimum Gasteiger partial charge on any atom is -0.323 e. The SMILES string of the molecule is Cc1n[nH]c(C)c1Sc1ccccc1NC(=O)C1C=CCN1.Cl. The molecule has 1 amide bonds. The minimum atomic E-state index is -0.254. The van der Waals surface area contributed by atoms with Gasteiger partial charge in [0.2, 0.25) is 5.91 Å². The number of aromatic amines is 1. The monoisotopic (exact) mass is 350 g/mol. The average Bonchev–Trinajstić information content (AvgIpc) is 3.14. The number of aromatic nitrogens is 2. The summed E-state index contributed by atoms with van der Waals surface area (Å²) in [5.41, 5.74) is 2.81. The first kappa shape index (κ1) is 17.6. The van der Waals surface area contributed by atoms with E-state index in [1.54, 1.807) is 11.8 Å². The molecule has 1 atom stereocenters. The fourth-order valence-corrected chi connectivity index (χ4v) is 3.31. The molecule has 122 valence electrons. The van der Waals surface area contributed by atoms with Gasteiger partial charge in [0, 0.05) is 17.1 Å². The Morgan fingerprint density at radius 3 is 2.78 bits per heavy atom. The van der Waals surface area contributed by atoms with Crippen LogP contribution in [0.1, 0.15) is 11.4 Å². The summed E-state index contributed by atoms with van der Waals surface area (Å²) in [7, 11) is 0. The molecule has 0 fully saturated rings. The standard InChI is InChI=1S/C16H18N4OS.ClH/c1-10-15(11(2)20-19-10)22-14-8-4-3-6-12(14)18-16(21)13-7-5-9-17-13;/h3-8,13,17H,9H2,1-2H3,(H,18,21)(H,19,20);1H. The second-order valence-corrected chi connectivity index (χ2v) is 6.22. The van der Waals surface area contributed by atoms with Crippen LogP contribution < -0.4 is 10.6 Å². The van der Waals surface area contributed by atoms with E-state index in [1.165, 1.54) is 0 Å². The smallest absolute Gasteiger partial charge is 0.245 e. The van der Waals surface area contributed by atoms with Crippen LogP contribution in [0.15, 0.2) is 46.2 Å². The van der Waals surface area contributed by atoms with E-state index in [2.05, 4.69) is 20.8 Å². The van der Waals surface area contributed by atoms with E-state index in [-0.39, 0.29) is 24.4 Å². The summed E-state index contributed by atoms with van der Waals surface area (Å²) in [6.07, 6.45) is 3.85. The Labute approximate surface area is 145 Å². The Hall–Kier alpha value is -1.76. The molecule has 0 radical (unpaired) electrons. The highest BCUT2D eigenvalue weighted by molar-refractivity contribution is 7.99. The van der Waals surface area contributed by atoms with Gasteiger partial charge >= 0.3 is 0 Å². The van der Waals surface area contributed by atoms with Crippen LogP contribution in [0.3, 0.4) is 0 Å². The number of halogens is 1. The fourth-order valence-electron chi connectivity index (χ4n) is 2.32. The first-order valence-corrected chi connectivity index (χ1v) is 7.96. The van der Waals surface area contributed by atoms with Crippen LogP contribution in [0, 0.1) is 13.8 Å². The van der Waals surface area contributed by atoms with Crippen LogP contribution in [-0.4, -0.2) is 28.7 Å². The van der Waals surface area contributed by atoms with Crippen LogP contribution in [0.25, 0.3) is 0 Å². The van der Waals surface area contributed by atoms with Crippen molar-refractivity contribution in [1.29, 1.82) is 0 Å².